The smallest absolute Gasteiger partial charge is 0.307 e. The van der Waals surface area contributed by atoms with Crippen molar-refractivity contribution in [1.82, 2.24) is 5.43 Å². The van der Waals surface area contributed by atoms with Gasteiger partial charge in [0.25, 0.3) is 0 Å². The molecule has 1 amide bonds. The minimum atomic E-state index is -0.427. The molecular formula is C18H16N2O4. The molecule has 0 aliphatic rings. The van der Waals surface area contributed by atoms with Gasteiger partial charge in [-0.3, -0.25) is 4.79 Å². The lowest BCUT2D eigenvalue weighted by Gasteiger charge is -2.09. The Labute approximate surface area is 138 Å². The first kappa shape index (κ1) is 15.6. The van der Waals surface area contributed by atoms with Crippen molar-refractivity contribution in [2.24, 2.45) is 5.10 Å². The molecule has 0 aliphatic heterocycles. The zero-order valence-electron chi connectivity index (χ0n) is 13.3. The summed E-state index contributed by atoms with van der Waals surface area (Å²) in [5.74, 6) is 0.905. The quantitative estimate of drug-likeness (QED) is 0.578. The fourth-order valence-electron chi connectivity index (χ4n) is 2.32. The number of fused-ring (bicyclic) bond motifs is 1. The zero-order chi connectivity index (χ0) is 16.9. The van der Waals surface area contributed by atoms with Gasteiger partial charge in [0.1, 0.15) is 5.58 Å². The fourth-order valence-corrected chi connectivity index (χ4v) is 2.32. The van der Waals surface area contributed by atoms with E-state index in [1.165, 1.54) is 6.21 Å². The summed E-state index contributed by atoms with van der Waals surface area (Å²) in [6.07, 6.45) is 1.49. The number of benzene rings is 2. The number of methoxy groups -OCH3 is 2. The Hall–Kier alpha value is -3.28. The average Bonchev–Trinajstić information content (AvgIpc) is 3.05. The first-order valence-corrected chi connectivity index (χ1v) is 7.26. The van der Waals surface area contributed by atoms with Crippen molar-refractivity contribution in [3.05, 3.63) is 59.9 Å². The molecule has 6 nitrogen and oxygen atoms in total. The van der Waals surface area contributed by atoms with E-state index in [0.29, 0.717) is 22.6 Å². The Balaban J connectivity index is 1.75. The highest BCUT2D eigenvalue weighted by Gasteiger charge is 2.11. The van der Waals surface area contributed by atoms with E-state index in [2.05, 4.69) is 10.5 Å². The van der Waals surface area contributed by atoms with Gasteiger partial charge in [0.05, 0.1) is 20.4 Å². The van der Waals surface area contributed by atoms with Crippen LogP contribution < -0.4 is 14.9 Å². The van der Waals surface area contributed by atoms with E-state index in [4.69, 9.17) is 13.9 Å². The van der Waals surface area contributed by atoms with Crippen LogP contribution in [0.2, 0.25) is 0 Å². The van der Waals surface area contributed by atoms with Gasteiger partial charge < -0.3 is 13.9 Å². The van der Waals surface area contributed by atoms with Crippen LogP contribution in [0, 0.1) is 0 Å². The van der Waals surface area contributed by atoms with Gasteiger partial charge in [-0.05, 0) is 24.3 Å². The summed E-state index contributed by atoms with van der Waals surface area (Å²) < 4.78 is 16.0. The van der Waals surface area contributed by atoms with Gasteiger partial charge >= 0.3 is 5.91 Å². The molecule has 6 heteroatoms. The molecule has 0 spiro atoms. The molecule has 122 valence electrons. The number of nitrogens with one attached hydrogen (secondary N) is 1. The zero-order valence-corrected chi connectivity index (χ0v) is 13.3. The topological polar surface area (TPSA) is 73.1 Å². The predicted molar refractivity (Wildman–Crippen MR) is 90.8 cm³/mol. The lowest BCUT2D eigenvalue weighted by molar-refractivity contribution is 0.0929. The van der Waals surface area contributed by atoms with Crippen molar-refractivity contribution < 1.29 is 18.7 Å². The van der Waals surface area contributed by atoms with Crippen LogP contribution in [0.3, 0.4) is 0 Å². The predicted octanol–water partition coefficient (Wildman–Crippen LogP) is 3.21. The number of hydrazone groups is 1. The van der Waals surface area contributed by atoms with E-state index in [1.807, 2.05) is 24.3 Å². The Morgan fingerprint density at radius 2 is 1.96 bits per heavy atom. The third kappa shape index (κ3) is 3.08. The Morgan fingerprint density at radius 3 is 2.71 bits per heavy atom. The highest BCUT2D eigenvalue weighted by molar-refractivity contribution is 5.96. The van der Waals surface area contributed by atoms with Gasteiger partial charge in [-0.2, -0.15) is 5.10 Å². The van der Waals surface area contributed by atoms with Gasteiger partial charge in [0, 0.05) is 10.9 Å². The number of rotatable bonds is 5. The third-order valence-corrected chi connectivity index (χ3v) is 3.45. The molecule has 3 aromatic rings. The van der Waals surface area contributed by atoms with Crippen LogP contribution in [-0.4, -0.2) is 26.3 Å². The van der Waals surface area contributed by atoms with Crippen LogP contribution in [0.4, 0.5) is 0 Å². The Bertz CT molecular complexity index is 866. The molecule has 24 heavy (non-hydrogen) atoms. The van der Waals surface area contributed by atoms with Crippen LogP contribution in [-0.2, 0) is 0 Å². The Morgan fingerprint density at radius 1 is 1.12 bits per heavy atom. The number of carbonyl (C=O) groups is 1. The number of para-hydroxylation sites is 2. The van der Waals surface area contributed by atoms with Crippen LogP contribution in [0.5, 0.6) is 11.5 Å². The molecule has 0 unspecified atom stereocenters. The van der Waals surface area contributed by atoms with Crippen molar-refractivity contribution in [2.45, 2.75) is 0 Å². The summed E-state index contributed by atoms with van der Waals surface area (Å²) >= 11 is 0. The summed E-state index contributed by atoms with van der Waals surface area (Å²) in [5, 5.41) is 4.81. The summed E-state index contributed by atoms with van der Waals surface area (Å²) in [6, 6.07) is 14.5. The molecule has 0 saturated carbocycles. The second-order valence-corrected chi connectivity index (χ2v) is 4.93. The first-order chi connectivity index (χ1) is 11.7. The Kier molecular flexibility index (Phi) is 4.47. The minimum Gasteiger partial charge on any atom is -0.493 e. The van der Waals surface area contributed by atoms with Gasteiger partial charge in [-0.1, -0.05) is 24.3 Å². The number of nitrogens with zero attached hydrogens (tertiary/aromatic N) is 1. The van der Waals surface area contributed by atoms with E-state index in [-0.39, 0.29) is 5.76 Å². The molecule has 0 saturated heterocycles. The van der Waals surface area contributed by atoms with Gasteiger partial charge in [0.2, 0.25) is 0 Å². The molecule has 0 atom stereocenters. The number of hydrogen-bond acceptors (Lipinski definition) is 5. The second kappa shape index (κ2) is 6.87. The van der Waals surface area contributed by atoms with Crippen molar-refractivity contribution >= 4 is 23.1 Å². The summed E-state index contributed by atoms with van der Waals surface area (Å²) in [6.45, 7) is 0. The number of hydrogen-bond donors (Lipinski definition) is 1. The van der Waals surface area contributed by atoms with Gasteiger partial charge in [-0.15, -0.1) is 0 Å². The molecular weight excluding hydrogens is 308 g/mol. The lowest BCUT2D eigenvalue weighted by atomic mass is 10.2. The molecule has 1 N–H and O–H groups in total. The lowest BCUT2D eigenvalue weighted by Crippen LogP contribution is -2.16. The van der Waals surface area contributed by atoms with Crippen LogP contribution >= 0.6 is 0 Å². The van der Waals surface area contributed by atoms with Gasteiger partial charge in [-0.25, -0.2) is 5.43 Å². The monoisotopic (exact) mass is 324 g/mol. The maximum Gasteiger partial charge on any atom is 0.307 e. The molecule has 0 aliphatic carbocycles. The number of amides is 1. The van der Waals surface area contributed by atoms with Crippen molar-refractivity contribution in [1.29, 1.82) is 0 Å². The van der Waals surface area contributed by atoms with Crippen molar-refractivity contribution in [3.8, 4) is 11.5 Å². The molecule has 0 fully saturated rings. The number of ether oxygens (including phenoxy) is 2. The maximum absolute atomic E-state index is 12.1. The van der Waals surface area contributed by atoms with Gasteiger partial charge in [0.15, 0.2) is 17.3 Å². The van der Waals surface area contributed by atoms with E-state index in [0.717, 1.165) is 5.39 Å². The van der Waals surface area contributed by atoms with Crippen molar-refractivity contribution in [2.75, 3.05) is 14.2 Å². The van der Waals surface area contributed by atoms with Crippen molar-refractivity contribution in [3.63, 3.8) is 0 Å². The standard InChI is InChI=1S/C18H16N2O4/c1-22-15-9-5-7-13(17(15)23-2)11-19-20-18(21)16-10-12-6-3-4-8-14(12)24-16/h3-11H,1-2H3,(H,20,21)/b19-11+. The van der Waals surface area contributed by atoms with Crippen LogP contribution in [0.15, 0.2) is 58.0 Å². The normalized spacial score (nSPS) is 10.9. The van der Waals surface area contributed by atoms with E-state index < -0.39 is 5.91 Å². The second-order valence-electron chi connectivity index (χ2n) is 4.93. The summed E-state index contributed by atoms with van der Waals surface area (Å²) in [5.41, 5.74) is 3.77. The molecule has 3 rings (SSSR count). The number of furan rings is 1. The molecule has 2 aromatic carbocycles. The molecule has 1 aromatic heterocycles. The van der Waals surface area contributed by atoms with Crippen LogP contribution in [0.25, 0.3) is 11.0 Å². The third-order valence-electron chi connectivity index (χ3n) is 3.45. The molecule has 0 radical (unpaired) electrons. The fraction of sp³-hybridized carbons (Fsp3) is 0.111. The van der Waals surface area contributed by atoms with Crippen LogP contribution in [0.1, 0.15) is 16.1 Å². The van der Waals surface area contributed by atoms with E-state index in [9.17, 15) is 4.79 Å². The maximum atomic E-state index is 12.1. The minimum absolute atomic E-state index is 0.200. The SMILES string of the molecule is COc1cccc(/C=N/NC(=O)c2cc3ccccc3o2)c1OC. The molecule has 1 heterocycles. The van der Waals surface area contributed by atoms with E-state index >= 15 is 0 Å². The summed E-state index contributed by atoms with van der Waals surface area (Å²) in [7, 11) is 3.10. The first-order valence-electron chi connectivity index (χ1n) is 7.26. The highest BCUT2D eigenvalue weighted by Crippen LogP contribution is 2.29. The largest absolute Gasteiger partial charge is 0.493 e. The number of carbonyl (C=O) groups excluding carboxylic acids is 1. The van der Waals surface area contributed by atoms with E-state index in [1.54, 1.807) is 38.5 Å². The highest BCUT2D eigenvalue weighted by atomic mass is 16.5. The molecule has 0 bridgehead atoms. The average molecular weight is 324 g/mol. The summed E-state index contributed by atoms with van der Waals surface area (Å²) in [4.78, 5) is 12.1.